The van der Waals surface area contributed by atoms with Crippen LogP contribution in [0.4, 0.5) is 4.39 Å². The van der Waals surface area contributed by atoms with Crippen molar-refractivity contribution in [2.24, 2.45) is 0 Å². The topological polar surface area (TPSA) is 192 Å². The fourth-order valence-electron chi connectivity index (χ4n) is 7.31. The predicted molar refractivity (Wildman–Crippen MR) is 208 cm³/mol. The second kappa shape index (κ2) is 19.0. The lowest BCUT2D eigenvalue weighted by molar-refractivity contribution is -0.158. The number of nitrogens with one attached hydrogen (secondary N) is 3. The van der Waals surface area contributed by atoms with Crippen molar-refractivity contribution in [3.8, 4) is 0 Å². The highest BCUT2D eigenvalue weighted by atomic mass is 19.1. The SMILES string of the molecule is CC(C)c1ccc(C(=O)/C=C/C(=O)N[C@@H](Cc2ccccc2F)C(=O)N[C@H]2COC(=O)[C@@H]3CCCN3C(=O)[C@H](C)NC(=O)[C@H](C)N(C)C(=O)[C@@H]3CCCN3C2=O)cc1. The Labute approximate surface area is 336 Å². The molecule has 6 atom stereocenters. The zero-order chi connectivity index (χ0) is 42.3. The van der Waals surface area contributed by atoms with Gasteiger partial charge in [-0.15, -0.1) is 0 Å². The zero-order valence-corrected chi connectivity index (χ0v) is 33.4. The summed E-state index contributed by atoms with van der Waals surface area (Å²) in [4.78, 5) is 112. The Bertz CT molecular complexity index is 1950. The number of rotatable bonds is 9. The minimum Gasteiger partial charge on any atom is -0.461 e. The van der Waals surface area contributed by atoms with Gasteiger partial charge in [0.1, 0.15) is 48.7 Å². The molecule has 6 amide bonds. The summed E-state index contributed by atoms with van der Waals surface area (Å²) in [6.45, 7) is 6.64. The van der Waals surface area contributed by atoms with E-state index in [1.54, 1.807) is 18.2 Å². The van der Waals surface area contributed by atoms with Crippen molar-refractivity contribution in [2.45, 2.75) is 102 Å². The average molecular weight is 803 g/mol. The van der Waals surface area contributed by atoms with Gasteiger partial charge in [0.2, 0.25) is 35.4 Å². The van der Waals surface area contributed by atoms with E-state index in [2.05, 4.69) is 16.0 Å². The Morgan fingerprint density at radius 2 is 1.52 bits per heavy atom. The maximum Gasteiger partial charge on any atom is 0.328 e. The van der Waals surface area contributed by atoms with Crippen LogP contribution in [0.25, 0.3) is 0 Å². The summed E-state index contributed by atoms with van der Waals surface area (Å²) >= 11 is 0. The molecule has 310 valence electrons. The number of halogens is 1. The number of hydrogen-bond donors (Lipinski definition) is 3. The number of amides is 6. The average Bonchev–Trinajstić information content (AvgIpc) is 3.91. The van der Waals surface area contributed by atoms with Gasteiger partial charge in [-0.05, 0) is 68.7 Å². The van der Waals surface area contributed by atoms with Gasteiger partial charge >= 0.3 is 5.97 Å². The third-order valence-corrected chi connectivity index (χ3v) is 10.9. The molecule has 3 fully saturated rings. The molecule has 0 spiro atoms. The van der Waals surface area contributed by atoms with Crippen molar-refractivity contribution in [2.75, 3.05) is 26.7 Å². The van der Waals surface area contributed by atoms with Crippen molar-refractivity contribution >= 4 is 47.2 Å². The molecule has 2 aromatic carbocycles. The van der Waals surface area contributed by atoms with Crippen molar-refractivity contribution in [1.82, 2.24) is 30.7 Å². The minimum atomic E-state index is -1.58. The number of fused-ring (bicyclic) bond motifs is 2. The highest BCUT2D eigenvalue weighted by molar-refractivity contribution is 6.08. The van der Waals surface area contributed by atoms with Crippen molar-refractivity contribution in [3.05, 3.63) is 83.2 Å². The van der Waals surface area contributed by atoms with Gasteiger partial charge in [0.05, 0.1) is 0 Å². The predicted octanol–water partition coefficient (Wildman–Crippen LogP) is 1.79. The maximum absolute atomic E-state index is 14.9. The third-order valence-electron chi connectivity index (χ3n) is 10.9. The summed E-state index contributed by atoms with van der Waals surface area (Å²) in [7, 11) is 1.42. The number of carbonyl (C=O) groups excluding carboxylic acids is 8. The van der Waals surface area contributed by atoms with E-state index < -0.39 is 95.9 Å². The van der Waals surface area contributed by atoms with E-state index in [0.717, 1.165) is 17.7 Å². The number of likely N-dealkylation sites (N-methyl/N-ethyl adjacent to an activating group) is 1. The molecular weight excluding hydrogens is 751 g/mol. The van der Waals surface area contributed by atoms with Crippen LogP contribution in [-0.4, -0.2) is 125 Å². The van der Waals surface area contributed by atoms with Crippen LogP contribution in [0, 0.1) is 5.82 Å². The van der Waals surface area contributed by atoms with E-state index in [4.69, 9.17) is 4.74 Å². The molecule has 0 aliphatic carbocycles. The fourth-order valence-corrected chi connectivity index (χ4v) is 7.31. The van der Waals surface area contributed by atoms with Crippen LogP contribution in [0.15, 0.2) is 60.7 Å². The van der Waals surface area contributed by atoms with Gasteiger partial charge < -0.3 is 35.4 Å². The lowest BCUT2D eigenvalue weighted by atomic mass is 10.0. The van der Waals surface area contributed by atoms with E-state index in [-0.39, 0.29) is 43.8 Å². The molecule has 0 aromatic heterocycles. The number of hydrogen-bond acceptors (Lipinski definition) is 9. The quantitative estimate of drug-likeness (QED) is 0.193. The molecule has 0 bridgehead atoms. The maximum atomic E-state index is 14.9. The molecule has 16 heteroatoms. The molecule has 0 radical (unpaired) electrons. The number of benzene rings is 2. The Morgan fingerprint density at radius 3 is 2.17 bits per heavy atom. The number of nitrogens with zero attached hydrogens (tertiary/aromatic N) is 3. The summed E-state index contributed by atoms with van der Waals surface area (Å²) < 4.78 is 20.5. The van der Waals surface area contributed by atoms with Crippen LogP contribution in [0.2, 0.25) is 0 Å². The van der Waals surface area contributed by atoms with Crippen LogP contribution in [0.3, 0.4) is 0 Å². The Hall–Kier alpha value is -5.93. The van der Waals surface area contributed by atoms with Crippen LogP contribution >= 0.6 is 0 Å². The van der Waals surface area contributed by atoms with Crippen LogP contribution in [0.5, 0.6) is 0 Å². The summed E-state index contributed by atoms with van der Waals surface area (Å²) in [5, 5.41) is 7.70. The largest absolute Gasteiger partial charge is 0.461 e. The van der Waals surface area contributed by atoms with Crippen molar-refractivity contribution in [3.63, 3.8) is 0 Å². The van der Waals surface area contributed by atoms with Crippen LogP contribution < -0.4 is 16.0 Å². The van der Waals surface area contributed by atoms with Gasteiger partial charge in [-0.25, -0.2) is 9.18 Å². The number of esters is 1. The second-order valence-electron chi connectivity index (χ2n) is 15.3. The fraction of sp³-hybridized carbons (Fsp3) is 0.476. The first kappa shape index (κ1) is 43.2. The molecule has 15 nitrogen and oxygen atoms in total. The van der Waals surface area contributed by atoms with Gasteiger partial charge in [-0.2, -0.15) is 0 Å². The smallest absolute Gasteiger partial charge is 0.328 e. The molecule has 3 saturated heterocycles. The lowest BCUT2D eigenvalue weighted by Gasteiger charge is -2.34. The van der Waals surface area contributed by atoms with Crippen LogP contribution in [-0.2, 0) is 44.7 Å². The van der Waals surface area contributed by atoms with E-state index in [1.807, 2.05) is 26.0 Å². The summed E-state index contributed by atoms with van der Waals surface area (Å²) in [6.07, 6.45) is 3.02. The Balaban J connectivity index is 1.42. The number of ether oxygens (including phenoxy) is 1. The number of ketones is 1. The van der Waals surface area contributed by atoms with E-state index in [9.17, 15) is 42.7 Å². The highest BCUT2D eigenvalue weighted by Crippen LogP contribution is 2.24. The summed E-state index contributed by atoms with van der Waals surface area (Å²) in [5.41, 5.74) is 1.43. The first-order valence-corrected chi connectivity index (χ1v) is 19.6. The third kappa shape index (κ3) is 10.1. The molecule has 3 aliphatic rings. The first-order valence-electron chi connectivity index (χ1n) is 19.6. The number of carbonyl (C=O) groups is 8. The van der Waals surface area contributed by atoms with Gasteiger partial charge in [-0.3, -0.25) is 33.6 Å². The molecule has 2 aromatic rings. The van der Waals surface area contributed by atoms with Gasteiger partial charge in [0.15, 0.2) is 5.78 Å². The first-order chi connectivity index (χ1) is 27.6. The van der Waals surface area contributed by atoms with E-state index in [1.165, 1.54) is 53.8 Å². The Morgan fingerprint density at radius 1 is 0.879 bits per heavy atom. The number of cyclic esters (lactones) is 1. The standard InChI is InChI=1S/C42H51FN6O9/c1-24(2)27-14-16-28(17-15-27)35(50)18-19-36(51)45-31(22-29-10-6-7-11-30(29)43)38(53)46-32-23-58-42(57)34-13-9-21-49(34)39(54)25(3)44-37(52)26(4)47(5)41(56)33-12-8-20-48(33)40(32)55/h6-7,10-11,14-19,24-26,31-34H,8-9,12-13,20-23H2,1-5H3,(H,44,52)(H,45,51)(H,46,53)/b19-18+/t25-,26-,31-,32-,33-,34-/m0/s1. The summed E-state index contributed by atoms with van der Waals surface area (Å²) in [6, 6.07) is 5.34. The lowest BCUT2D eigenvalue weighted by Crippen LogP contribution is -2.60. The molecule has 58 heavy (non-hydrogen) atoms. The van der Waals surface area contributed by atoms with Crippen LogP contribution in [0.1, 0.15) is 80.8 Å². The molecule has 3 heterocycles. The number of allylic oxidation sites excluding steroid dienone is 1. The molecule has 3 aliphatic heterocycles. The monoisotopic (exact) mass is 802 g/mol. The van der Waals surface area contributed by atoms with E-state index >= 15 is 0 Å². The van der Waals surface area contributed by atoms with E-state index in [0.29, 0.717) is 18.4 Å². The van der Waals surface area contributed by atoms with Gasteiger partial charge in [0, 0.05) is 38.2 Å². The Kier molecular flexibility index (Phi) is 14.2. The highest BCUT2D eigenvalue weighted by Gasteiger charge is 2.43. The van der Waals surface area contributed by atoms with Gasteiger partial charge in [0.25, 0.3) is 0 Å². The molecule has 0 unspecified atom stereocenters. The van der Waals surface area contributed by atoms with Crippen molar-refractivity contribution in [1.29, 1.82) is 0 Å². The zero-order valence-electron chi connectivity index (χ0n) is 33.4. The van der Waals surface area contributed by atoms with Gasteiger partial charge in [-0.1, -0.05) is 56.3 Å². The minimum absolute atomic E-state index is 0.0654. The summed E-state index contributed by atoms with van der Waals surface area (Å²) in [5.74, 6) is -5.97. The molecule has 3 N–H and O–H groups in total. The van der Waals surface area contributed by atoms with Crippen molar-refractivity contribution < 1.29 is 47.5 Å². The molecule has 5 rings (SSSR count). The second-order valence-corrected chi connectivity index (χ2v) is 15.3. The normalized spacial score (nSPS) is 24.0. The molecule has 0 saturated carbocycles. The molecular formula is C42H51FN6O9.